The third kappa shape index (κ3) is 3.49. The highest BCUT2D eigenvalue weighted by molar-refractivity contribution is 5.40. The number of likely N-dealkylation sites (tertiary alicyclic amines) is 1. The summed E-state index contributed by atoms with van der Waals surface area (Å²) in [7, 11) is 1.63. The Morgan fingerprint density at radius 2 is 2.08 bits per heavy atom. The van der Waals surface area contributed by atoms with Crippen molar-refractivity contribution in [2.75, 3.05) is 26.8 Å². The summed E-state index contributed by atoms with van der Waals surface area (Å²) in [6, 6.07) is 10.9. The normalized spacial score (nSPS) is 18.8. The lowest BCUT2D eigenvalue weighted by atomic mass is 9.99. The Hall–Kier alpha value is -2.27. The second-order valence-electron chi connectivity index (χ2n) is 7.01. The first-order chi connectivity index (χ1) is 12.7. The van der Waals surface area contributed by atoms with Crippen molar-refractivity contribution in [1.82, 2.24) is 9.88 Å². The Labute approximate surface area is 154 Å². The topological polar surface area (TPSA) is 43.8 Å². The summed E-state index contributed by atoms with van der Waals surface area (Å²) in [5.74, 6) is 2.35. The highest BCUT2D eigenvalue weighted by atomic mass is 16.5. The first kappa shape index (κ1) is 17.2. The van der Waals surface area contributed by atoms with Crippen molar-refractivity contribution in [3.05, 3.63) is 47.7 Å². The Kier molecular flexibility index (Phi) is 4.98. The molecule has 0 aliphatic carbocycles. The number of methoxy groups -OCH3 is 1. The van der Waals surface area contributed by atoms with Gasteiger partial charge in [-0.05, 0) is 49.1 Å². The summed E-state index contributed by atoms with van der Waals surface area (Å²) >= 11 is 0. The number of nitrogens with zero attached hydrogens (tertiary/aromatic N) is 2. The predicted molar refractivity (Wildman–Crippen MR) is 100 cm³/mol. The van der Waals surface area contributed by atoms with Gasteiger partial charge in [0, 0.05) is 31.7 Å². The predicted octanol–water partition coefficient (Wildman–Crippen LogP) is 3.63. The van der Waals surface area contributed by atoms with Crippen LogP contribution < -0.4 is 14.2 Å². The molecule has 0 saturated carbocycles. The number of hydrogen-bond acceptors (Lipinski definition) is 5. The number of rotatable bonds is 5. The summed E-state index contributed by atoms with van der Waals surface area (Å²) in [4.78, 5) is 6.75. The molecule has 1 aromatic heterocycles. The van der Waals surface area contributed by atoms with Crippen LogP contribution in [0.2, 0.25) is 0 Å². The van der Waals surface area contributed by atoms with E-state index in [9.17, 15) is 0 Å². The van der Waals surface area contributed by atoms with Gasteiger partial charge in [-0.2, -0.15) is 0 Å². The molecule has 4 rings (SSSR count). The van der Waals surface area contributed by atoms with Crippen LogP contribution in [0.3, 0.4) is 0 Å². The molecular weight excluding hydrogens is 328 g/mol. The molecule has 0 amide bonds. The van der Waals surface area contributed by atoms with E-state index in [1.807, 2.05) is 12.1 Å². The van der Waals surface area contributed by atoms with Crippen molar-refractivity contribution in [3.8, 4) is 17.4 Å². The van der Waals surface area contributed by atoms with E-state index in [0.717, 1.165) is 50.5 Å². The van der Waals surface area contributed by atoms with Gasteiger partial charge in [0.25, 0.3) is 5.88 Å². The van der Waals surface area contributed by atoms with E-state index < -0.39 is 0 Å². The molecule has 1 saturated heterocycles. The summed E-state index contributed by atoms with van der Waals surface area (Å²) in [5, 5.41) is 0. The zero-order chi connectivity index (χ0) is 17.9. The Balaban J connectivity index is 1.36. The van der Waals surface area contributed by atoms with Crippen molar-refractivity contribution in [1.29, 1.82) is 0 Å². The molecule has 138 valence electrons. The minimum Gasteiger partial charge on any atom is -0.493 e. The van der Waals surface area contributed by atoms with Gasteiger partial charge in [-0.1, -0.05) is 12.1 Å². The molecule has 5 nitrogen and oxygen atoms in total. The third-order valence-electron chi connectivity index (χ3n) is 5.44. The molecule has 1 aromatic carbocycles. The minimum absolute atomic E-state index is 0.213. The molecule has 1 atom stereocenters. The molecule has 1 fully saturated rings. The van der Waals surface area contributed by atoms with Crippen LogP contribution in [0.25, 0.3) is 0 Å². The lowest BCUT2D eigenvalue weighted by molar-refractivity contribution is 0.0773. The molecule has 1 unspecified atom stereocenters. The average molecular weight is 354 g/mol. The standard InChI is InChI=1S/C21H26N2O3/c1-15(16-5-6-19-17(14-16)9-13-25-19)23-11-7-18(8-12-23)26-20-4-3-10-22-21(20)24-2/h3-6,10,14-15,18H,7-9,11-13H2,1-2H3. The van der Waals surface area contributed by atoms with E-state index in [0.29, 0.717) is 11.9 Å². The first-order valence-electron chi connectivity index (χ1n) is 9.40. The number of hydrogen-bond donors (Lipinski definition) is 0. The second kappa shape index (κ2) is 7.54. The second-order valence-corrected chi connectivity index (χ2v) is 7.01. The maximum atomic E-state index is 6.14. The molecule has 0 N–H and O–H groups in total. The average Bonchev–Trinajstić information content (AvgIpc) is 3.16. The van der Waals surface area contributed by atoms with Gasteiger partial charge in [0.15, 0.2) is 5.75 Å². The zero-order valence-electron chi connectivity index (χ0n) is 15.5. The smallest absolute Gasteiger partial charge is 0.256 e. The van der Waals surface area contributed by atoms with E-state index in [1.54, 1.807) is 13.3 Å². The summed E-state index contributed by atoms with van der Waals surface area (Å²) < 4.78 is 17.0. The lowest BCUT2D eigenvalue weighted by Gasteiger charge is -2.36. The van der Waals surface area contributed by atoms with Crippen molar-refractivity contribution in [2.45, 2.75) is 38.3 Å². The van der Waals surface area contributed by atoms with Gasteiger partial charge < -0.3 is 14.2 Å². The van der Waals surface area contributed by atoms with Crippen LogP contribution in [-0.2, 0) is 6.42 Å². The van der Waals surface area contributed by atoms with Crippen molar-refractivity contribution in [3.63, 3.8) is 0 Å². The molecule has 0 spiro atoms. The van der Waals surface area contributed by atoms with Gasteiger partial charge in [-0.15, -0.1) is 0 Å². The molecule has 2 aliphatic heterocycles. The summed E-state index contributed by atoms with van der Waals surface area (Å²) in [6.07, 6.45) is 4.98. The largest absolute Gasteiger partial charge is 0.493 e. The lowest BCUT2D eigenvalue weighted by Crippen LogP contribution is -2.39. The molecule has 0 bridgehead atoms. The molecule has 26 heavy (non-hydrogen) atoms. The molecule has 2 aromatic rings. The minimum atomic E-state index is 0.213. The number of benzene rings is 1. The van der Waals surface area contributed by atoms with Crippen molar-refractivity contribution in [2.24, 2.45) is 0 Å². The quantitative estimate of drug-likeness (QED) is 0.820. The van der Waals surface area contributed by atoms with Crippen LogP contribution in [-0.4, -0.2) is 42.8 Å². The maximum absolute atomic E-state index is 6.14. The number of piperidine rings is 1. The van der Waals surface area contributed by atoms with Crippen LogP contribution in [0, 0.1) is 0 Å². The van der Waals surface area contributed by atoms with Gasteiger partial charge in [0.1, 0.15) is 11.9 Å². The third-order valence-corrected chi connectivity index (χ3v) is 5.44. The van der Waals surface area contributed by atoms with Crippen LogP contribution in [0.1, 0.15) is 36.9 Å². The fraction of sp³-hybridized carbons (Fsp3) is 0.476. The highest BCUT2D eigenvalue weighted by Gasteiger charge is 2.26. The van der Waals surface area contributed by atoms with Gasteiger partial charge in [0.05, 0.1) is 13.7 Å². The SMILES string of the molecule is COc1ncccc1OC1CCN(C(C)c2ccc3c(c2)CCO3)CC1. The monoisotopic (exact) mass is 354 g/mol. The number of fused-ring (bicyclic) bond motifs is 1. The van der Waals surface area contributed by atoms with E-state index in [-0.39, 0.29) is 6.10 Å². The molecule has 3 heterocycles. The van der Waals surface area contributed by atoms with Crippen LogP contribution >= 0.6 is 0 Å². The number of aromatic nitrogens is 1. The van der Waals surface area contributed by atoms with E-state index in [4.69, 9.17) is 14.2 Å². The fourth-order valence-electron chi connectivity index (χ4n) is 3.86. The zero-order valence-corrected chi connectivity index (χ0v) is 15.5. The van der Waals surface area contributed by atoms with E-state index in [2.05, 4.69) is 35.0 Å². The van der Waals surface area contributed by atoms with Crippen LogP contribution in [0.5, 0.6) is 17.4 Å². The Bertz CT molecular complexity index is 757. The molecule has 0 radical (unpaired) electrons. The summed E-state index contributed by atoms with van der Waals surface area (Å²) in [5.41, 5.74) is 2.72. The number of pyridine rings is 1. The molecule has 5 heteroatoms. The van der Waals surface area contributed by atoms with Crippen molar-refractivity contribution < 1.29 is 14.2 Å². The molecular formula is C21H26N2O3. The number of ether oxygens (including phenoxy) is 3. The highest BCUT2D eigenvalue weighted by Crippen LogP contribution is 2.32. The van der Waals surface area contributed by atoms with E-state index in [1.165, 1.54) is 11.1 Å². The summed E-state index contributed by atoms with van der Waals surface area (Å²) in [6.45, 7) is 5.17. The Morgan fingerprint density at radius 1 is 1.23 bits per heavy atom. The maximum Gasteiger partial charge on any atom is 0.256 e. The first-order valence-corrected chi connectivity index (χ1v) is 9.40. The van der Waals surface area contributed by atoms with Crippen LogP contribution in [0.15, 0.2) is 36.5 Å². The fourth-order valence-corrected chi connectivity index (χ4v) is 3.86. The van der Waals surface area contributed by atoms with Gasteiger partial charge in [0.2, 0.25) is 0 Å². The van der Waals surface area contributed by atoms with Crippen LogP contribution in [0.4, 0.5) is 0 Å². The molecule has 2 aliphatic rings. The van der Waals surface area contributed by atoms with Gasteiger partial charge >= 0.3 is 0 Å². The van der Waals surface area contributed by atoms with Crippen molar-refractivity contribution >= 4 is 0 Å². The Morgan fingerprint density at radius 3 is 2.88 bits per heavy atom. The van der Waals surface area contributed by atoms with E-state index >= 15 is 0 Å². The van der Waals surface area contributed by atoms with Gasteiger partial charge in [-0.25, -0.2) is 4.98 Å². The van der Waals surface area contributed by atoms with Gasteiger partial charge in [-0.3, -0.25) is 4.90 Å².